The van der Waals surface area contributed by atoms with Gasteiger partial charge >= 0.3 is 6.09 Å². The number of halogens is 2. The van der Waals surface area contributed by atoms with E-state index >= 15 is 0 Å². The number of nitrogens with one attached hydrogen (secondary N) is 1. The van der Waals surface area contributed by atoms with Gasteiger partial charge in [-0.15, -0.1) is 0 Å². The summed E-state index contributed by atoms with van der Waals surface area (Å²) in [5, 5.41) is 2.50. The van der Waals surface area contributed by atoms with Crippen LogP contribution in [0.1, 0.15) is 33.6 Å². The standard InChI is InChI=1S/C16H20F2N2O3/c1-16(2,3)23-15(22)20-8-4-5-13(20)14(21)19-10-6-7-11(17)12(18)9-10/h6-7,9,13H,4-5,8H2,1-3H3,(H,19,21)/t13-/m0/s1. The first-order valence-electron chi connectivity index (χ1n) is 7.43. The zero-order valence-electron chi connectivity index (χ0n) is 13.4. The van der Waals surface area contributed by atoms with Gasteiger partial charge in [0.15, 0.2) is 11.6 Å². The fraction of sp³-hybridized carbons (Fsp3) is 0.500. The molecule has 0 aromatic heterocycles. The minimum absolute atomic E-state index is 0.143. The number of benzene rings is 1. The minimum Gasteiger partial charge on any atom is -0.444 e. The molecule has 23 heavy (non-hydrogen) atoms. The predicted octanol–water partition coefficient (Wildman–Crippen LogP) is 3.30. The van der Waals surface area contributed by atoms with Crippen LogP contribution in [-0.2, 0) is 9.53 Å². The summed E-state index contributed by atoms with van der Waals surface area (Å²) in [5.41, 5.74) is -0.509. The highest BCUT2D eigenvalue weighted by atomic mass is 19.2. The summed E-state index contributed by atoms with van der Waals surface area (Å²) in [4.78, 5) is 25.8. The van der Waals surface area contributed by atoms with Gasteiger partial charge in [-0.05, 0) is 45.7 Å². The van der Waals surface area contributed by atoms with E-state index in [4.69, 9.17) is 4.74 Å². The summed E-state index contributed by atoms with van der Waals surface area (Å²) in [6, 6.07) is 2.42. The van der Waals surface area contributed by atoms with Crippen molar-refractivity contribution in [2.45, 2.75) is 45.3 Å². The van der Waals surface area contributed by atoms with Crippen LogP contribution in [0.15, 0.2) is 18.2 Å². The number of amides is 2. The molecule has 2 amide bonds. The molecule has 1 aliphatic heterocycles. The lowest BCUT2D eigenvalue weighted by molar-refractivity contribution is -0.120. The number of rotatable bonds is 2. The van der Waals surface area contributed by atoms with Crippen molar-refractivity contribution in [3.8, 4) is 0 Å². The molecule has 2 rings (SSSR count). The third kappa shape index (κ3) is 4.40. The molecular weight excluding hydrogens is 306 g/mol. The molecule has 7 heteroatoms. The van der Waals surface area contributed by atoms with Gasteiger partial charge in [-0.3, -0.25) is 9.69 Å². The average molecular weight is 326 g/mol. The summed E-state index contributed by atoms with van der Waals surface area (Å²) < 4.78 is 31.4. The maximum absolute atomic E-state index is 13.2. The average Bonchev–Trinajstić information content (AvgIpc) is 2.90. The molecule has 1 aromatic carbocycles. The highest BCUT2D eigenvalue weighted by Gasteiger charge is 2.36. The highest BCUT2D eigenvalue weighted by molar-refractivity contribution is 5.96. The van der Waals surface area contributed by atoms with Crippen molar-refractivity contribution in [3.05, 3.63) is 29.8 Å². The quantitative estimate of drug-likeness (QED) is 0.907. The molecule has 1 atom stereocenters. The molecule has 0 aliphatic carbocycles. The molecule has 1 aliphatic rings. The molecule has 5 nitrogen and oxygen atoms in total. The lowest BCUT2D eigenvalue weighted by Gasteiger charge is -2.28. The van der Waals surface area contributed by atoms with Crippen LogP contribution in [0, 0.1) is 11.6 Å². The molecule has 0 bridgehead atoms. The second kappa shape index (κ2) is 6.52. The second-order valence-corrected chi connectivity index (χ2v) is 6.45. The van der Waals surface area contributed by atoms with Crippen molar-refractivity contribution in [3.63, 3.8) is 0 Å². The lowest BCUT2D eigenvalue weighted by Crippen LogP contribution is -2.45. The van der Waals surface area contributed by atoms with Gasteiger partial charge in [-0.2, -0.15) is 0 Å². The second-order valence-electron chi connectivity index (χ2n) is 6.45. The van der Waals surface area contributed by atoms with E-state index in [1.807, 2.05) is 0 Å². The van der Waals surface area contributed by atoms with Gasteiger partial charge < -0.3 is 10.1 Å². The molecule has 0 radical (unpaired) electrons. The fourth-order valence-corrected chi connectivity index (χ4v) is 2.38. The number of hydrogen-bond donors (Lipinski definition) is 1. The Morgan fingerprint density at radius 1 is 1.26 bits per heavy atom. The number of ether oxygens (including phenoxy) is 1. The topological polar surface area (TPSA) is 58.6 Å². The molecule has 0 spiro atoms. The monoisotopic (exact) mass is 326 g/mol. The van der Waals surface area contributed by atoms with Crippen molar-refractivity contribution >= 4 is 17.7 Å². The Kier molecular flexibility index (Phi) is 4.87. The summed E-state index contributed by atoms with van der Waals surface area (Å²) in [5.74, 6) is -2.48. The van der Waals surface area contributed by atoms with Gasteiger partial charge in [0.1, 0.15) is 11.6 Å². The third-order valence-electron chi connectivity index (χ3n) is 3.37. The maximum Gasteiger partial charge on any atom is 0.410 e. The van der Waals surface area contributed by atoms with Crippen molar-refractivity contribution < 1.29 is 23.1 Å². The number of carbonyl (C=O) groups is 2. The normalized spacial score (nSPS) is 18.0. The van der Waals surface area contributed by atoms with E-state index in [2.05, 4.69) is 5.32 Å². The summed E-state index contributed by atoms with van der Waals surface area (Å²) in [6.07, 6.45) is 0.615. The summed E-state index contributed by atoms with van der Waals surface area (Å²) in [7, 11) is 0. The smallest absolute Gasteiger partial charge is 0.410 e. The van der Waals surface area contributed by atoms with Crippen LogP contribution in [0.25, 0.3) is 0 Å². The summed E-state index contributed by atoms with van der Waals surface area (Å²) >= 11 is 0. The van der Waals surface area contributed by atoms with Gasteiger partial charge in [0, 0.05) is 18.3 Å². The van der Waals surface area contributed by atoms with E-state index < -0.39 is 35.3 Å². The molecule has 0 saturated carbocycles. The Labute approximate surface area is 133 Å². The minimum atomic E-state index is -1.04. The van der Waals surface area contributed by atoms with Crippen molar-refractivity contribution in [1.29, 1.82) is 0 Å². The van der Waals surface area contributed by atoms with Crippen LogP contribution < -0.4 is 5.32 Å². The first kappa shape index (κ1) is 17.2. The number of anilines is 1. The van der Waals surface area contributed by atoms with Crippen LogP contribution in [-0.4, -0.2) is 35.1 Å². The van der Waals surface area contributed by atoms with Gasteiger partial charge in [-0.1, -0.05) is 0 Å². The van der Waals surface area contributed by atoms with Crippen molar-refractivity contribution in [2.24, 2.45) is 0 Å². The largest absolute Gasteiger partial charge is 0.444 e. The maximum atomic E-state index is 13.2. The number of hydrogen-bond acceptors (Lipinski definition) is 3. The Hall–Kier alpha value is -2.18. The Morgan fingerprint density at radius 2 is 1.96 bits per heavy atom. The van der Waals surface area contributed by atoms with Crippen LogP contribution in [0.2, 0.25) is 0 Å². The first-order chi connectivity index (χ1) is 10.7. The molecule has 1 saturated heterocycles. The molecule has 1 heterocycles. The van der Waals surface area contributed by atoms with Crippen LogP contribution in [0.5, 0.6) is 0 Å². The Balaban J connectivity index is 2.05. The molecule has 126 valence electrons. The van der Waals surface area contributed by atoms with Crippen molar-refractivity contribution in [1.82, 2.24) is 4.90 Å². The molecular formula is C16H20F2N2O3. The van der Waals surface area contributed by atoms with E-state index in [0.29, 0.717) is 19.4 Å². The predicted molar refractivity (Wildman–Crippen MR) is 80.9 cm³/mol. The number of carbonyl (C=O) groups excluding carboxylic acids is 2. The van der Waals surface area contributed by atoms with Gasteiger partial charge in [0.05, 0.1) is 0 Å². The van der Waals surface area contributed by atoms with E-state index in [-0.39, 0.29) is 5.69 Å². The molecule has 1 N–H and O–H groups in total. The van der Waals surface area contributed by atoms with Crippen LogP contribution in [0.4, 0.5) is 19.3 Å². The van der Waals surface area contributed by atoms with Crippen LogP contribution in [0.3, 0.4) is 0 Å². The van der Waals surface area contributed by atoms with E-state index in [1.165, 1.54) is 11.0 Å². The van der Waals surface area contributed by atoms with Gasteiger partial charge in [0.25, 0.3) is 0 Å². The summed E-state index contributed by atoms with van der Waals surface area (Å²) in [6.45, 7) is 5.66. The van der Waals surface area contributed by atoms with Gasteiger partial charge in [0.2, 0.25) is 5.91 Å². The zero-order valence-corrected chi connectivity index (χ0v) is 13.4. The lowest BCUT2D eigenvalue weighted by atomic mass is 10.2. The molecule has 0 unspecified atom stereocenters. The zero-order chi connectivity index (χ0) is 17.2. The van der Waals surface area contributed by atoms with E-state index in [1.54, 1.807) is 20.8 Å². The Morgan fingerprint density at radius 3 is 2.57 bits per heavy atom. The number of likely N-dealkylation sites (tertiary alicyclic amines) is 1. The van der Waals surface area contributed by atoms with E-state index in [0.717, 1.165) is 12.1 Å². The van der Waals surface area contributed by atoms with Crippen LogP contribution >= 0.6 is 0 Å². The third-order valence-corrected chi connectivity index (χ3v) is 3.37. The molecule has 1 aromatic rings. The van der Waals surface area contributed by atoms with Gasteiger partial charge in [-0.25, -0.2) is 13.6 Å². The molecule has 1 fully saturated rings. The Bertz CT molecular complexity index is 614. The SMILES string of the molecule is CC(C)(C)OC(=O)N1CCC[C@H]1C(=O)Nc1ccc(F)c(F)c1. The van der Waals surface area contributed by atoms with E-state index in [9.17, 15) is 18.4 Å². The van der Waals surface area contributed by atoms with Crippen molar-refractivity contribution in [2.75, 3.05) is 11.9 Å². The highest BCUT2D eigenvalue weighted by Crippen LogP contribution is 2.22. The fourth-order valence-electron chi connectivity index (χ4n) is 2.38. The first-order valence-corrected chi connectivity index (χ1v) is 7.43. The number of nitrogens with zero attached hydrogens (tertiary/aromatic N) is 1.